The van der Waals surface area contributed by atoms with Crippen LogP contribution in [0.1, 0.15) is 22.5 Å². The summed E-state index contributed by atoms with van der Waals surface area (Å²) in [4.78, 5) is 24.3. The van der Waals surface area contributed by atoms with Gasteiger partial charge in [0.25, 0.3) is 0 Å². The number of nitrogens with zero attached hydrogens (tertiary/aromatic N) is 3. The van der Waals surface area contributed by atoms with Crippen molar-refractivity contribution in [2.45, 2.75) is 6.42 Å². The molecule has 7 nitrogen and oxygen atoms in total. The molecule has 1 fully saturated rings. The molecular formula is C23H25N5O2. The normalized spacial score (nSPS) is 14.2. The number of carbonyl (C=O) groups excluding carboxylic acids is 1. The molecule has 0 amide bonds. The van der Waals surface area contributed by atoms with E-state index in [0.29, 0.717) is 11.3 Å². The maximum Gasteiger partial charge on any atom is 0.215 e. The summed E-state index contributed by atoms with van der Waals surface area (Å²) >= 11 is 0. The molecule has 3 aromatic rings. The largest absolute Gasteiger partial charge is 0.497 e. The van der Waals surface area contributed by atoms with Gasteiger partial charge in [-0.05, 0) is 48.9 Å². The predicted molar refractivity (Wildman–Crippen MR) is 118 cm³/mol. The lowest BCUT2D eigenvalue weighted by Gasteiger charge is -2.21. The molecule has 1 aliphatic heterocycles. The number of nitrogen functional groups attached to an aromatic ring is 1. The Labute approximate surface area is 175 Å². The number of hydrogen-bond acceptors (Lipinski definition) is 7. The van der Waals surface area contributed by atoms with E-state index in [4.69, 9.17) is 10.5 Å². The fourth-order valence-electron chi connectivity index (χ4n) is 3.54. The molecule has 0 saturated carbocycles. The smallest absolute Gasteiger partial charge is 0.215 e. The molecule has 0 bridgehead atoms. The summed E-state index contributed by atoms with van der Waals surface area (Å²) in [6.07, 6.45) is 2.71. The second-order valence-corrected chi connectivity index (χ2v) is 7.19. The first-order valence-corrected chi connectivity index (χ1v) is 10.0. The molecule has 0 aliphatic carbocycles. The third-order valence-corrected chi connectivity index (χ3v) is 5.22. The van der Waals surface area contributed by atoms with Crippen molar-refractivity contribution in [3.8, 4) is 16.9 Å². The number of nitrogens with one attached hydrogen (secondary N) is 1. The molecule has 2 aromatic heterocycles. The Hall–Kier alpha value is -3.45. The van der Waals surface area contributed by atoms with Gasteiger partial charge in [0.1, 0.15) is 23.1 Å². The van der Waals surface area contributed by atoms with Crippen molar-refractivity contribution in [2.75, 3.05) is 43.9 Å². The van der Waals surface area contributed by atoms with Gasteiger partial charge in [0.05, 0.1) is 12.7 Å². The van der Waals surface area contributed by atoms with Gasteiger partial charge in [-0.15, -0.1) is 0 Å². The van der Waals surface area contributed by atoms with Crippen molar-refractivity contribution in [3.63, 3.8) is 0 Å². The number of benzene rings is 1. The number of hydrogen-bond donors (Lipinski definition) is 2. The number of anilines is 2. The zero-order chi connectivity index (χ0) is 20.9. The Bertz CT molecular complexity index is 1030. The van der Waals surface area contributed by atoms with Crippen LogP contribution < -0.4 is 20.7 Å². The summed E-state index contributed by atoms with van der Waals surface area (Å²) in [5.74, 6) is 1.54. The minimum absolute atomic E-state index is 0.198. The third kappa shape index (κ3) is 4.26. The Morgan fingerprint density at radius 2 is 1.93 bits per heavy atom. The molecule has 0 radical (unpaired) electrons. The van der Waals surface area contributed by atoms with Gasteiger partial charge in [0.2, 0.25) is 5.78 Å². The highest BCUT2D eigenvalue weighted by molar-refractivity contribution is 6.11. The molecule has 3 N–H and O–H groups in total. The van der Waals surface area contributed by atoms with Gasteiger partial charge in [-0.2, -0.15) is 0 Å². The van der Waals surface area contributed by atoms with Crippen molar-refractivity contribution >= 4 is 17.4 Å². The van der Waals surface area contributed by atoms with Crippen LogP contribution in [0.3, 0.4) is 0 Å². The average molecular weight is 403 g/mol. The van der Waals surface area contributed by atoms with Crippen LogP contribution in [-0.4, -0.2) is 49.0 Å². The average Bonchev–Trinajstić information content (AvgIpc) is 3.09. The van der Waals surface area contributed by atoms with E-state index < -0.39 is 0 Å². The van der Waals surface area contributed by atoms with E-state index in [1.165, 1.54) is 0 Å². The van der Waals surface area contributed by atoms with Gasteiger partial charge in [-0.25, -0.2) is 9.97 Å². The Morgan fingerprint density at radius 3 is 2.73 bits per heavy atom. The molecule has 4 rings (SSSR count). The van der Waals surface area contributed by atoms with Crippen molar-refractivity contribution in [2.24, 2.45) is 0 Å². The summed E-state index contributed by atoms with van der Waals surface area (Å²) in [5, 5.41) is 3.38. The van der Waals surface area contributed by atoms with E-state index in [9.17, 15) is 4.79 Å². The zero-order valence-corrected chi connectivity index (χ0v) is 17.0. The molecule has 3 heterocycles. The molecule has 7 heteroatoms. The fourth-order valence-corrected chi connectivity index (χ4v) is 3.54. The molecule has 1 aliphatic rings. The molecule has 30 heavy (non-hydrogen) atoms. The van der Waals surface area contributed by atoms with Crippen LogP contribution >= 0.6 is 0 Å². The predicted octanol–water partition coefficient (Wildman–Crippen LogP) is 2.77. The van der Waals surface area contributed by atoms with E-state index in [1.807, 2.05) is 36.4 Å². The minimum Gasteiger partial charge on any atom is -0.497 e. The Morgan fingerprint density at radius 1 is 1.10 bits per heavy atom. The summed E-state index contributed by atoms with van der Waals surface area (Å²) in [7, 11) is 1.62. The van der Waals surface area contributed by atoms with Crippen LogP contribution in [-0.2, 0) is 0 Å². The molecule has 0 atom stereocenters. The molecule has 154 valence electrons. The van der Waals surface area contributed by atoms with Crippen LogP contribution in [0.25, 0.3) is 11.1 Å². The maximum absolute atomic E-state index is 13.2. The zero-order valence-electron chi connectivity index (χ0n) is 17.0. The van der Waals surface area contributed by atoms with Crippen LogP contribution in [0.4, 0.5) is 11.6 Å². The molecule has 1 saturated heterocycles. The van der Waals surface area contributed by atoms with Crippen LogP contribution in [0, 0.1) is 0 Å². The topological polar surface area (TPSA) is 93.4 Å². The molecule has 0 unspecified atom stereocenters. The van der Waals surface area contributed by atoms with Gasteiger partial charge in [0.15, 0.2) is 0 Å². The number of carbonyl (C=O) groups is 1. The first-order chi connectivity index (χ1) is 14.7. The van der Waals surface area contributed by atoms with Crippen molar-refractivity contribution in [1.82, 2.24) is 15.3 Å². The summed E-state index contributed by atoms with van der Waals surface area (Å²) in [6, 6.07) is 14.9. The quantitative estimate of drug-likeness (QED) is 0.633. The molecule has 1 aromatic carbocycles. The van der Waals surface area contributed by atoms with Crippen molar-refractivity contribution in [3.05, 3.63) is 66.0 Å². The Balaban J connectivity index is 1.63. The standard InChI is InChI=1S/C23H25N5O2/c1-30-18-8-6-16(7-9-18)17-14-19(23(24)26-15-17)22(29)20-4-2-5-21(27-20)28-12-3-10-25-11-13-28/h2,4-9,14-15,25H,3,10-13H2,1H3,(H2,24,26). The van der Waals surface area contributed by atoms with Gasteiger partial charge in [0, 0.05) is 31.4 Å². The molecule has 0 spiro atoms. The first-order valence-electron chi connectivity index (χ1n) is 10.0. The number of nitrogens with two attached hydrogens (primary N) is 1. The van der Waals surface area contributed by atoms with E-state index in [-0.39, 0.29) is 11.6 Å². The van der Waals surface area contributed by atoms with Gasteiger partial charge >= 0.3 is 0 Å². The number of ketones is 1. The van der Waals surface area contributed by atoms with E-state index in [1.54, 1.807) is 25.4 Å². The first kappa shape index (κ1) is 19.8. The number of methoxy groups -OCH3 is 1. The summed E-state index contributed by atoms with van der Waals surface area (Å²) < 4.78 is 5.21. The van der Waals surface area contributed by atoms with E-state index in [0.717, 1.165) is 55.3 Å². The van der Waals surface area contributed by atoms with Crippen LogP contribution in [0.2, 0.25) is 0 Å². The Kier molecular flexibility index (Phi) is 5.90. The summed E-state index contributed by atoms with van der Waals surface area (Å²) in [5.41, 5.74) is 8.51. The monoisotopic (exact) mass is 403 g/mol. The highest BCUT2D eigenvalue weighted by Crippen LogP contribution is 2.26. The van der Waals surface area contributed by atoms with Crippen molar-refractivity contribution < 1.29 is 9.53 Å². The lowest BCUT2D eigenvalue weighted by molar-refractivity contribution is 0.103. The number of aromatic nitrogens is 2. The second kappa shape index (κ2) is 8.92. The van der Waals surface area contributed by atoms with E-state index in [2.05, 4.69) is 20.2 Å². The third-order valence-electron chi connectivity index (χ3n) is 5.22. The van der Waals surface area contributed by atoms with Gasteiger partial charge in [-0.1, -0.05) is 18.2 Å². The second-order valence-electron chi connectivity index (χ2n) is 7.19. The highest BCUT2D eigenvalue weighted by Gasteiger charge is 2.18. The number of pyridine rings is 2. The lowest BCUT2D eigenvalue weighted by Crippen LogP contribution is -2.29. The maximum atomic E-state index is 13.2. The van der Waals surface area contributed by atoms with Crippen LogP contribution in [0.5, 0.6) is 5.75 Å². The van der Waals surface area contributed by atoms with E-state index >= 15 is 0 Å². The number of ether oxygens (including phenoxy) is 1. The van der Waals surface area contributed by atoms with Gasteiger partial charge in [-0.3, -0.25) is 4.79 Å². The molecular weight excluding hydrogens is 378 g/mol. The van der Waals surface area contributed by atoms with Crippen LogP contribution in [0.15, 0.2) is 54.7 Å². The van der Waals surface area contributed by atoms with Crippen molar-refractivity contribution in [1.29, 1.82) is 0 Å². The lowest BCUT2D eigenvalue weighted by atomic mass is 10.0. The SMILES string of the molecule is COc1ccc(-c2cnc(N)c(C(=O)c3cccc(N4CCCNCC4)n3)c2)cc1. The highest BCUT2D eigenvalue weighted by atomic mass is 16.5. The fraction of sp³-hybridized carbons (Fsp3) is 0.261. The minimum atomic E-state index is -0.231. The summed E-state index contributed by atoms with van der Waals surface area (Å²) in [6.45, 7) is 3.67. The van der Waals surface area contributed by atoms with Gasteiger partial charge < -0.3 is 20.7 Å². The number of rotatable bonds is 5.